The Kier molecular flexibility index (Phi) is 6.09. The average Bonchev–Trinajstić information content (AvgIpc) is 2.94. The Bertz CT molecular complexity index is 693. The number of aromatic nitrogens is 4. The van der Waals surface area contributed by atoms with Crippen LogP contribution in [0.25, 0.3) is 0 Å². The quantitative estimate of drug-likeness (QED) is 0.797. The maximum atomic E-state index is 12.4. The molecule has 1 N–H and O–H groups in total. The molecule has 128 valence electrons. The molecule has 0 saturated heterocycles. The van der Waals surface area contributed by atoms with Gasteiger partial charge in [0.25, 0.3) is 0 Å². The summed E-state index contributed by atoms with van der Waals surface area (Å²) in [6, 6.07) is 7.85. The molecule has 6 nitrogen and oxygen atoms in total. The summed E-state index contributed by atoms with van der Waals surface area (Å²) in [5.74, 6) is 2.22. The van der Waals surface area contributed by atoms with Crippen LogP contribution in [0.15, 0.2) is 24.3 Å². The number of carbonyl (C=O) groups is 1. The lowest BCUT2D eigenvalue weighted by molar-refractivity contribution is -0.122. The van der Waals surface area contributed by atoms with Gasteiger partial charge in [-0.2, -0.15) is 11.8 Å². The van der Waals surface area contributed by atoms with Crippen LogP contribution in [0.3, 0.4) is 0 Å². The van der Waals surface area contributed by atoms with Crippen molar-refractivity contribution in [3.63, 3.8) is 0 Å². The molecular formula is C16H20ClN5OS. The van der Waals surface area contributed by atoms with Crippen molar-refractivity contribution in [1.82, 2.24) is 25.5 Å². The second kappa shape index (κ2) is 8.48. The minimum absolute atomic E-state index is 0.0244. The number of thioether (sulfide) groups is 1. The largest absolute Gasteiger partial charge is 0.355 e. The number of nitrogens with one attached hydrogen (secondary N) is 1. The molecular weight excluding hydrogens is 346 g/mol. The third-order valence-corrected chi connectivity index (χ3v) is 5.27. The monoisotopic (exact) mass is 365 g/mol. The molecule has 1 unspecified atom stereocenters. The van der Waals surface area contributed by atoms with Gasteiger partial charge in [0.2, 0.25) is 5.91 Å². The molecule has 1 atom stereocenters. The Morgan fingerprint density at radius 3 is 3.21 bits per heavy atom. The zero-order chi connectivity index (χ0) is 16.8. The fourth-order valence-corrected chi connectivity index (χ4v) is 3.81. The number of tetrazole rings is 1. The van der Waals surface area contributed by atoms with Gasteiger partial charge in [-0.15, -0.1) is 5.10 Å². The minimum Gasteiger partial charge on any atom is -0.355 e. The highest BCUT2D eigenvalue weighted by molar-refractivity contribution is 7.98. The summed E-state index contributed by atoms with van der Waals surface area (Å²) in [5, 5.41) is 15.5. The number of rotatable bonds is 6. The van der Waals surface area contributed by atoms with Crippen LogP contribution in [0.5, 0.6) is 0 Å². The van der Waals surface area contributed by atoms with Crippen LogP contribution in [-0.4, -0.2) is 38.4 Å². The zero-order valence-corrected chi connectivity index (χ0v) is 14.9. The predicted molar refractivity (Wildman–Crippen MR) is 95.0 cm³/mol. The van der Waals surface area contributed by atoms with Gasteiger partial charge in [-0.25, -0.2) is 4.68 Å². The average molecular weight is 366 g/mol. The maximum Gasteiger partial charge on any atom is 0.230 e. The van der Waals surface area contributed by atoms with Crippen LogP contribution < -0.4 is 5.32 Å². The summed E-state index contributed by atoms with van der Waals surface area (Å²) in [7, 11) is 0. The fraction of sp³-hybridized carbons (Fsp3) is 0.500. The lowest BCUT2D eigenvalue weighted by Crippen LogP contribution is -2.32. The third kappa shape index (κ3) is 4.48. The van der Waals surface area contributed by atoms with Gasteiger partial charge in [-0.05, 0) is 41.0 Å². The van der Waals surface area contributed by atoms with E-state index in [-0.39, 0.29) is 11.8 Å². The lowest BCUT2D eigenvalue weighted by Gasteiger charge is -2.13. The molecule has 1 aromatic heterocycles. The minimum atomic E-state index is -0.236. The number of hydrogen-bond acceptors (Lipinski definition) is 5. The first kappa shape index (κ1) is 17.2. The van der Waals surface area contributed by atoms with Gasteiger partial charge in [0.15, 0.2) is 5.82 Å². The van der Waals surface area contributed by atoms with E-state index in [9.17, 15) is 4.79 Å². The molecule has 0 aliphatic carbocycles. The normalized spacial score (nSPS) is 17.1. The van der Waals surface area contributed by atoms with E-state index in [2.05, 4.69) is 26.9 Å². The molecule has 1 aliphatic heterocycles. The van der Waals surface area contributed by atoms with Crippen molar-refractivity contribution in [2.24, 2.45) is 0 Å². The number of benzene rings is 1. The molecule has 0 spiro atoms. The van der Waals surface area contributed by atoms with E-state index in [4.69, 9.17) is 11.6 Å². The number of halogens is 1. The number of hydrogen-bond donors (Lipinski definition) is 1. The Balaban J connectivity index is 1.43. The van der Waals surface area contributed by atoms with E-state index in [1.54, 1.807) is 16.4 Å². The Morgan fingerprint density at radius 2 is 2.33 bits per heavy atom. The summed E-state index contributed by atoms with van der Waals surface area (Å²) >= 11 is 7.75. The SMILES string of the molecule is O=C(NCCSCc1cccc(Cl)c1)C1CCCCn2nnnc21. The molecule has 0 radical (unpaired) electrons. The van der Waals surface area contributed by atoms with Crippen LogP contribution >= 0.6 is 23.4 Å². The number of nitrogens with zero attached hydrogens (tertiary/aromatic N) is 4. The first-order chi connectivity index (χ1) is 11.7. The number of amides is 1. The van der Waals surface area contributed by atoms with E-state index in [1.807, 2.05) is 18.2 Å². The summed E-state index contributed by atoms with van der Waals surface area (Å²) in [6.07, 6.45) is 2.83. The summed E-state index contributed by atoms with van der Waals surface area (Å²) < 4.78 is 1.76. The molecule has 3 rings (SSSR count). The van der Waals surface area contributed by atoms with Crippen molar-refractivity contribution in [2.75, 3.05) is 12.3 Å². The van der Waals surface area contributed by atoms with Gasteiger partial charge in [0.1, 0.15) is 0 Å². The molecule has 2 aromatic rings. The topological polar surface area (TPSA) is 72.7 Å². The highest BCUT2D eigenvalue weighted by atomic mass is 35.5. The molecule has 2 heterocycles. The molecule has 1 aromatic carbocycles. The van der Waals surface area contributed by atoms with Crippen LogP contribution in [0.1, 0.15) is 36.6 Å². The van der Waals surface area contributed by atoms with Crippen molar-refractivity contribution in [1.29, 1.82) is 0 Å². The third-order valence-electron chi connectivity index (χ3n) is 4.00. The van der Waals surface area contributed by atoms with Gasteiger partial charge in [0.05, 0.1) is 5.92 Å². The first-order valence-electron chi connectivity index (χ1n) is 8.10. The van der Waals surface area contributed by atoms with Crippen molar-refractivity contribution in [3.05, 3.63) is 40.7 Å². The summed E-state index contributed by atoms with van der Waals surface area (Å²) in [5.41, 5.74) is 1.20. The van der Waals surface area contributed by atoms with E-state index in [0.29, 0.717) is 12.4 Å². The summed E-state index contributed by atoms with van der Waals surface area (Å²) in [4.78, 5) is 12.4. The van der Waals surface area contributed by atoms with Crippen molar-refractivity contribution in [2.45, 2.75) is 37.5 Å². The maximum absolute atomic E-state index is 12.4. The van der Waals surface area contributed by atoms with Crippen LogP contribution in [0.4, 0.5) is 0 Å². The number of fused-ring (bicyclic) bond motifs is 1. The van der Waals surface area contributed by atoms with Crippen molar-refractivity contribution >= 4 is 29.3 Å². The second-order valence-corrected chi connectivity index (χ2v) is 7.32. The smallest absolute Gasteiger partial charge is 0.230 e. The second-order valence-electron chi connectivity index (χ2n) is 5.78. The molecule has 0 fully saturated rings. The van der Waals surface area contributed by atoms with Gasteiger partial charge in [0, 0.05) is 29.6 Å². The summed E-state index contributed by atoms with van der Waals surface area (Å²) in [6.45, 7) is 1.43. The Labute approximate surface area is 150 Å². The zero-order valence-electron chi connectivity index (χ0n) is 13.3. The Morgan fingerprint density at radius 1 is 1.42 bits per heavy atom. The Hall–Kier alpha value is -1.60. The highest BCUT2D eigenvalue weighted by Gasteiger charge is 2.27. The molecule has 0 saturated carbocycles. The van der Waals surface area contributed by atoms with Gasteiger partial charge in [-0.1, -0.05) is 30.2 Å². The fourth-order valence-electron chi connectivity index (χ4n) is 2.79. The van der Waals surface area contributed by atoms with Crippen molar-refractivity contribution < 1.29 is 4.79 Å². The number of aryl methyl sites for hydroxylation is 1. The molecule has 0 bridgehead atoms. The van der Waals surface area contributed by atoms with E-state index >= 15 is 0 Å². The molecule has 1 aliphatic rings. The van der Waals surface area contributed by atoms with Crippen LogP contribution in [0.2, 0.25) is 5.02 Å². The number of carbonyl (C=O) groups excluding carboxylic acids is 1. The van der Waals surface area contributed by atoms with E-state index in [0.717, 1.165) is 42.3 Å². The van der Waals surface area contributed by atoms with Gasteiger partial charge in [-0.3, -0.25) is 4.79 Å². The highest BCUT2D eigenvalue weighted by Crippen LogP contribution is 2.24. The lowest BCUT2D eigenvalue weighted by atomic mass is 10.0. The molecule has 1 amide bonds. The first-order valence-corrected chi connectivity index (χ1v) is 9.63. The van der Waals surface area contributed by atoms with E-state index < -0.39 is 0 Å². The van der Waals surface area contributed by atoms with Crippen molar-refractivity contribution in [3.8, 4) is 0 Å². The van der Waals surface area contributed by atoms with Crippen LogP contribution in [0, 0.1) is 0 Å². The standard InChI is InChI=1S/C16H20ClN5OS/c17-13-5-3-4-12(10-13)11-24-9-7-18-16(23)14-6-1-2-8-22-15(14)19-20-21-22/h3-5,10,14H,1-2,6-9,11H2,(H,18,23). The van der Waals surface area contributed by atoms with Gasteiger partial charge >= 0.3 is 0 Å². The van der Waals surface area contributed by atoms with Crippen LogP contribution in [-0.2, 0) is 17.1 Å². The molecule has 8 heteroatoms. The molecule has 24 heavy (non-hydrogen) atoms. The predicted octanol–water partition coefficient (Wildman–Crippen LogP) is 2.64. The van der Waals surface area contributed by atoms with E-state index in [1.165, 1.54) is 5.56 Å². The van der Waals surface area contributed by atoms with Gasteiger partial charge < -0.3 is 5.32 Å².